The van der Waals surface area contributed by atoms with E-state index in [1.165, 1.54) is 17.1 Å². The van der Waals surface area contributed by atoms with Gasteiger partial charge in [-0.2, -0.15) is 0 Å². The first-order valence-corrected chi connectivity index (χ1v) is 8.40. The van der Waals surface area contributed by atoms with Crippen molar-refractivity contribution in [2.45, 2.75) is 20.8 Å². The van der Waals surface area contributed by atoms with E-state index in [0.29, 0.717) is 0 Å². The van der Waals surface area contributed by atoms with Crippen molar-refractivity contribution in [3.05, 3.63) is 81.6 Å². The van der Waals surface area contributed by atoms with E-state index in [0.717, 1.165) is 21.3 Å². The molecule has 0 aliphatic heterocycles. The molecule has 3 aromatic rings. The van der Waals surface area contributed by atoms with Gasteiger partial charge in [0.2, 0.25) is 0 Å². The molecule has 2 aromatic carbocycles. The van der Waals surface area contributed by atoms with E-state index in [4.69, 9.17) is 0 Å². The van der Waals surface area contributed by atoms with Crippen LogP contribution in [0.1, 0.15) is 22.5 Å². The normalized spacial score (nSPS) is 11.3. The number of aliphatic imine (C=N–C) groups is 1. The molecule has 1 aromatic heterocycles. The standard InChI is InChI=1S/C20H19BrN2/c1-14-11-18(21)9-10-20(14)22-13-17-12-15(2)23(16(17)3)19-7-5-4-6-8-19/h4-13H,1-3H3. The van der Waals surface area contributed by atoms with Crippen molar-refractivity contribution in [1.82, 2.24) is 4.57 Å². The third kappa shape index (κ3) is 3.30. The molecule has 0 amide bonds. The van der Waals surface area contributed by atoms with E-state index in [1.54, 1.807) is 0 Å². The van der Waals surface area contributed by atoms with Gasteiger partial charge in [0.1, 0.15) is 0 Å². The van der Waals surface area contributed by atoms with Crippen LogP contribution in [0.2, 0.25) is 0 Å². The van der Waals surface area contributed by atoms with Crippen LogP contribution in [0.4, 0.5) is 5.69 Å². The second-order valence-corrected chi connectivity index (χ2v) is 6.60. The van der Waals surface area contributed by atoms with Crippen molar-refractivity contribution in [3.8, 4) is 5.69 Å². The van der Waals surface area contributed by atoms with Crippen molar-refractivity contribution in [2.75, 3.05) is 0 Å². The monoisotopic (exact) mass is 366 g/mol. The van der Waals surface area contributed by atoms with Gasteiger partial charge < -0.3 is 4.57 Å². The molecule has 0 saturated heterocycles. The largest absolute Gasteiger partial charge is 0.318 e. The Morgan fingerprint density at radius 2 is 1.70 bits per heavy atom. The molecular weight excluding hydrogens is 348 g/mol. The minimum atomic E-state index is 0.998. The fraction of sp³-hybridized carbons (Fsp3) is 0.150. The van der Waals surface area contributed by atoms with Crippen LogP contribution in [0.3, 0.4) is 0 Å². The third-order valence-corrected chi connectivity index (χ3v) is 4.48. The van der Waals surface area contributed by atoms with Gasteiger partial charge in [0.15, 0.2) is 0 Å². The smallest absolute Gasteiger partial charge is 0.0659 e. The lowest BCUT2D eigenvalue weighted by Crippen LogP contribution is -1.99. The first-order chi connectivity index (χ1) is 11.1. The summed E-state index contributed by atoms with van der Waals surface area (Å²) in [5, 5.41) is 0. The molecule has 116 valence electrons. The summed E-state index contributed by atoms with van der Waals surface area (Å²) < 4.78 is 3.34. The fourth-order valence-electron chi connectivity index (χ4n) is 2.80. The Bertz CT molecular complexity index is 861. The summed E-state index contributed by atoms with van der Waals surface area (Å²) in [7, 11) is 0. The lowest BCUT2D eigenvalue weighted by atomic mass is 10.2. The third-order valence-electron chi connectivity index (χ3n) is 3.99. The second kappa shape index (κ2) is 6.55. The highest BCUT2D eigenvalue weighted by molar-refractivity contribution is 9.10. The van der Waals surface area contributed by atoms with E-state index in [-0.39, 0.29) is 0 Å². The number of aromatic nitrogens is 1. The molecular formula is C20H19BrN2. The van der Waals surface area contributed by atoms with Crippen LogP contribution in [0.15, 0.2) is 64.1 Å². The van der Waals surface area contributed by atoms with Crippen molar-refractivity contribution < 1.29 is 0 Å². The van der Waals surface area contributed by atoms with Gasteiger partial charge in [-0.05, 0) is 62.7 Å². The maximum absolute atomic E-state index is 4.67. The van der Waals surface area contributed by atoms with Gasteiger partial charge in [0.05, 0.1) is 5.69 Å². The zero-order valence-corrected chi connectivity index (χ0v) is 15.1. The first kappa shape index (κ1) is 15.8. The Morgan fingerprint density at radius 3 is 2.39 bits per heavy atom. The van der Waals surface area contributed by atoms with Gasteiger partial charge in [-0.1, -0.05) is 34.1 Å². The highest BCUT2D eigenvalue weighted by atomic mass is 79.9. The van der Waals surface area contributed by atoms with E-state index in [9.17, 15) is 0 Å². The molecule has 0 spiro atoms. The topological polar surface area (TPSA) is 17.3 Å². The number of benzene rings is 2. The number of aryl methyl sites for hydroxylation is 2. The van der Waals surface area contributed by atoms with Gasteiger partial charge >= 0.3 is 0 Å². The van der Waals surface area contributed by atoms with Crippen LogP contribution in [-0.2, 0) is 0 Å². The molecule has 0 radical (unpaired) electrons. The predicted octanol–water partition coefficient (Wildman–Crippen LogP) is 5.92. The maximum Gasteiger partial charge on any atom is 0.0659 e. The Hall–Kier alpha value is -2.13. The summed E-state index contributed by atoms with van der Waals surface area (Å²) >= 11 is 3.49. The minimum Gasteiger partial charge on any atom is -0.318 e. The number of rotatable bonds is 3. The number of para-hydroxylation sites is 1. The maximum atomic E-state index is 4.67. The summed E-state index contributed by atoms with van der Waals surface area (Å²) in [6, 6.07) is 18.7. The van der Waals surface area contributed by atoms with Gasteiger partial charge in [0, 0.05) is 33.3 Å². The summed E-state index contributed by atoms with van der Waals surface area (Å²) in [6.45, 7) is 6.34. The first-order valence-electron chi connectivity index (χ1n) is 7.61. The number of halogens is 1. The molecule has 0 aliphatic carbocycles. The Kier molecular flexibility index (Phi) is 4.49. The zero-order valence-electron chi connectivity index (χ0n) is 13.5. The molecule has 3 heteroatoms. The van der Waals surface area contributed by atoms with Crippen molar-refractivity contribution in [3.63, 3.8) is 0 Å². The highest BCUT2D eigenvalue weighted by Crippen LogP contribution is 2.24. The van der Waals surface area contributed by atoms with Crippen LogP contribution in [0, 0.1) is 20.8 Å². The lowest BCUT2D eigenvalue weighted by Gasteiger charge is -2.09. The molecule has 1 heterocycles. The molecule has 2 nitrogen and oxygen atoms in total. The van der Waals surface area contributed by atoms with Crippen LogP contribution in [0.5, 0.6) is 0 Å². The van der Waals surface area contributed by atoms with Crippen molar-refractivity contribution in [1.29, 1.82) is 0 Å². The molecule has 23 heavy (non-hydrogen) atoms. The fourth-order valence-corrected chi connectivity index (χ4v) is 3.27. The van der Waals surface area contributed by atoms with Crippen LogP contribution < -0.4 is 0 Å². The summed E-state index contributed by atoms with van der Waals surface area (Å²) in [6.07, 6.45) is 1.96. The highest BCUT2D eigenvalue weighted by Gasteiger charge is 2.09. The van der Waals surface area contributed by atoms with Crippen LogP contribution in [-0.4, -0.2) is 10.8 Å². The summed E-state index contributed by atoms with van der Waals surface area (Å²) in [5.41, 5.74) is 6.90. The molecule has 0 N–H and O–H groups in total. The van der Waals surface area contributed by atoms with E-state index in [1.807, 2.05) is 24.4 Å². The average molecular weight is 367 g/mol. The van der Waals surface area contributed by atoms with E-state index in [2.05, 4.69) is 82.7 Å². The lowest BCUT2D eigenvalue weighted by molar-refractivity contribution is 0.965. The molecule has 0 saturated carbocycles. The number of hydrogen-bond acceptors (Lipinski definition) is 1. The summed E-state index contributed by atoms with van der Waals surface area (Å²) in [5.74, 6) is 0. The molecule has 0 atom stereocenters. The Labute approximate surface area is 145 Å². The van der Waals surface area contributed by atoms with E-state index >= 15 is 0 Å². The minimum absolute atomic E-state index is 0.998. The molecule has 0 unspecified atom stereocenters. The zero-order chi connectivity index (χ0) is 16.4. The van der Waals surface area contributed by atoms with Crippen molar-refractivity contribution in [2.24, 2.45) is 4.99 Å². The van der Waals surface area contributed by atoms with Gasteiger partial charge in [-0.15, -0.1) is 0 Å². The van der Waals surface area contributed by atoms with Gasteiger partial charge in [0.25, 0.3) is 0 Å². The molecule has 3 rings (SSSR count). The van der Waals surface area contributed by atoms with Crippen molar-refractivity contribution >= 4 is 27.8 Å². The number of nitrogens with zero attached hydrogens (tertiary/aromatic N) is 2. The van der Waals surface area contributed by atoms with E-state index < -0.39 is 0 Å². The second-order valence-electron chi connectivity index (χ2n) is 5.69. The van der Waals surface area contributed by atoms with Gasteiger partial charge in [-0.25, -0.2) is 0 Å². The average Bonchev–Trinajstić information content (AvgIpc) is 2.81. The van der Waals surface area contributed by atoms with Gasteiger partial charge in [-0.3, -0.25) is 4.99 Å². The van der Waals surface area contributed by atoms with Crippen LogP contribution >= 0.6 is 15.9 Å². The molecule has 0 aliphatic rings. The quantitative estimate of drug-likeness (QED) is 0.512. The molecule has 0 bridgehead atoms. The SMILES string of the molecule is Cc1cc(Br)ccc1N=Cc1cc(C)n(-c2ccccc2)c1C. The Balaban J connectivity index is 1.97. The summed E-state index contributed by atoms with van der Waals surface area (Å²) in [4.78, 5) is 4.67. The van der Waals surface area contributed by atoms with Crippen LogP contribution in [0.25, 0.3) is 5.69 Å². The Morgan fingerprint density at radius 1 is 0.957 bits per heavy atom. The predicted molar refractivity (Wildman–Crippen MR) is 101 cm³/mol. The molecule has 0 fully saturated rings. The number of hydrogen-bond donors (Lipinski definition) is 0.